The summed E-state index contributed by atoms with van der Waals surface area (Å²) in [7, 11) is 5.29. The first-order valence-corrected chi connectivity index (χ1v) is 6.43. The molecule has 4 heteroatoms. The summed E-state index contributed by atoms with van der Waals surface area (Å²) in [4.78, 5) is 0. The number of ether oxygens (including phenoxy) is 2. The SMILES string of the molecule is CNC(c1ccc(OC)c(Br)c1OC)C(C)C. The van der Waals surface area contributed by atoms with Crippen LogP contribution in [0.1, 0.15) is 25.5 Å². The molecule has 0 aliphatic carbocycles. The fraction of sp³-hybridized carbons (Fsp3) is 0.538. The van der Waals surface area contributed by atoms with Crippen LogP contribution < -0.4 is 14.8 Å². The first-order chi connectivity index (χ1) is 8.06. The lowest BCUT2D eigenvalue weighted by Crippen LogP contribution is -2.22. The van der Waals surface area contributed by atoms with E-state index in [0.29, 0.717) is 5.92 Å². The average molecular weight is 302 g/mol. The smallest absolute Gasteiger partial charge is 0.141 e. The molecular weight excluding hydrogens is 282 g/mol. The van der Waals surface area contributed by atoms with Crippen molar-refractivity contribution >= 4 is 15.9 Å². The van der Waals surface area contributed by atoms with Crippen molar-refractivity contribution in [2.75, 3.05) is 21.3 Å². The third kappa shape index (κ3) is 2.93. The van der Waals surface area contributed by atoms with E-state index in [4.69, 9.17) is 9.47 Å². The van der Waals surface area contributed by atoms with Gasteiger partial charge in [-0.15, -0.1) is 0 Å². The summed E-state index contributed by atoms with van der Waals surface area (Å²) in [5.41, 5.74) is 1.14. The van der Waals surface area contributed by atoms with Crippen molar-refractivity contribution in [2.45, 2.75) is 19.9 Å². The highest BCUT2D eigenvalue weighted by Gasteiger charge is 2.21. The molecule has 0 amide bonds. The van der Waals surface area contributed by atoms with E-state index in [0.717, 1.165) is 21.5 Å². The zero-order chi connectivity index (χ0) is 13.0. The molecule has 1 unspecified atom stereocenters. The van der Waals surface area contributed by atoms with E-state index < -0.39 is 0 Å². The van der Waals surface area contributed by atoms with Crippen LogP contribution in [0.5, 0.6) is 11.5 Å². The van der Waals surface area contributed by atoms with Gasteiger partial charge in [-0.1, -0.05) is 13.8 Å². The van der Waals surface area contributed by atoms with Gasteiger partial charge in [-0.25, -0.2) is 0 Å². The van der Waals surface area contributed by atoms with Crippen molar-refractivity contribution in [3.63, 3.8) is 0 Å². The van der Waals surface area contributed by atoms with Crippen LogP contribution >= 0.6 is 15.9 Å². The Bertz CT molecular complexity index is 380. The predicted octanol–water partition coefficient (Wildman–Crippen LogP) is 3.38. The molecule has 1 rings (SSSR count). The highest BCUT2D eigenvalue weighted by Crippen LogP contribution is 2.41. The lowest BCUT2D eigenvalue weighted by atomic mass is 9.95. The number of hydrogen-bond donors (Lipinski definition) is 1. The Kier molecular flexibility index (Phi) is 5.28. The van der Waals surface area contributed by atoms with Crippen molar-refractivity contribution < 1.29 is 9.47 Å². The summed E-state index contributed by atoms with van der Waals surface area (Å²) < 4.78 is 11.6. The maximum absolute atomic E-state index is 5.48. The van der Waals surface area contributed by atoms with Crippen molar-refractivity contribution in [1.29, 1.82) is 0 Å². The predicted molar refractivity (Wildman–Crippen MR) is 73.9 cm³/mol. The molecule has 0 saturated carbocycles. The Morgan fingerprint density at radius 2 is 1.82 bits per heavy atom. The van der Waals surface area contributed by atoms with Gasteiger partial charge in [-0.05, 0) is 41.0 Å². The molecule has 0 heterocycles. The molecule has 0 bridgehead atoms. The monoisotopic (exact) mass is 301 g/mol. The van der Waals surface area contributed by atoms with E-state index in [9.17, 15) is 0 Å². The lowest BCUT2D eigenvalue weighted by molar-refractivity contribution is 0.368. The topological polar surface area (TPSA) is 30.5 Å². The molecule has 0 aliphatic heterocycles. The van der Waals surface area contributed by atoms with Gasteiger partial charge in [0.2, 0.25) is 0 Å². The number of hydrogen-bond acceptors (Lipinski definition) is 3. The van der Waals surface area contributed by atoms with Crippen LogP contribution in [0.15, 0.2) is 16.6 Å². The third-order valence-corrected chi connectivity index (χ3v) is 3.58. The first-order valence-electron chi connectivity index (χ1n) is 5.64. The van der Waals surface area contributed by atoms with Gasteiger partial charge in [0, 0.05) is 11.6 Å². The Balaban J connectivity index is 3.29. The van der Waals surface area contributed by atoms with Gasteiger partial charge in [0.25, 0.3) is 0 Å². The van der Waals surface area contributed by atoms with Gasteiger partial charge in [0.15, 0.2) is 0 Å². The second-order valence-electron chi connectivity index (χ2n) is 4.21. The molecule has 96 valence electrons. The van der Waals surface area contributed by atoms with Gasteiger partial charge >= 0.3 is 0 Å². The Hall–Kier alpha value is -0.740. The summed E-state index contributed by atoms with van der Waals surface area (Å²) >= 11 is 3.52. The van der Waals surface area contributed by atoms with Gasteiger partial charge in [-0.3, -0.25) is 0 Å². The zero-order valence-electron chi connectivity index (χ0n) is 11.0. The molecule has 1 aromatic rings. The molecule has 1 aromatic carbocycles. The molecule has 0 saturated heterocycles. The van der Waals surface area contributed by atoms with Crippen LogP contribution in [0.25, 0.3) is 0 Å². The van der Waals surface area contributed by atoms with Gasteiger partial charge < -0.3 is 14.8 Å². The zero-order valence-corrected chi connectivity index (χ0v) is 12.6. The summed E-state index contributed by atoms with van der Waals surface area (Å²) in [5.74, 6) is 2.09. The molecule has 0 radical (unpaired) electrons. The maximum Gasteiger partial charge on any atom is 0.141 e. The maximum atomic E-state index is 5.48. The lowest BCUT2D eigenvalue weighted by Gasteiger charge is -2.24. The molecule has 0 spiro atoms. The van der Waals surface area contributed by atoms with Crippen molar-refractivity contribution in [3.05, 3.63) is 22.2 Å². The summed E-state index contributed by atoms with van der Waals surface area (Å²) in [5, 5.41) is 3.32. The molecule has 0 fully saturated rings. The Labute approximate surface area is 112 Å². The van der Waals surface area contributed by atoms with Gasteiger partial charge in [0.05, 0.1) is 14.2 Å². The number of rotatable bonds is 5. The van der Waals surface area contributed by atoms with Crippen LogP contribution in [0.3, 0.4) is 0 Å². The van der Waals surface area contributed by atoms with E-state index in [1.165, 1.54) is 0 Å². The summed E-state index contributed by atoms with van der Waals surface area (Å²) in [6, 6.07) is 4.25. The van der Waals surface area contributed by atoms with Crippen LogP contribution in [0.2, 0.25) is 0 Å². The van der Waals surface area contributed by atoms with Crippen LogP contribution in [0.4, 0.5) is 0 Å². The quantitative estimate of drug-likeness (QED) is 0.904. The minimum atomic E-state index is 0.257. The molecule has 0 aliphatic rings. The number of benzene rings is 1. The first kappa shape index (κ1) is 14.3. The number of halogens is 1. The minimum Gasteiger partial charge on any atom is -0.495 e. The van der Waals surface area contributed by atoms with E-state index in [2.05, 4.69) is 35.1 Å². The second-order valence-corrected chi connectivity index (χ2v) is 5.01. The Morgan fingerprint density at radius 3 is 2.24 bits per heavy atom. The van der Waals surface area contributed by atoms with Crippen LogP contribution in [0, 0.1) is 5.92 Å². The summed E-state index contributed by atoms with van der Waals surface area (Å²) in [6.07, 6.45) is 0. The van der Waals surface area contributed by atoms with Crippen molar-refractivity contribution in [2.24, 2.45) is 5.92 Å². The van der Waals surface area contributed by atoms with Crippen molar-refractivity contribution in [3.8, 4) is 11.5 Å². The number of methoxy groups -OCH3 is 2. The second kappa shape index (κ2) is 6.26. The molecule has 3 nitrogen and oxygen atoms in total. The summed E-state index contributed by atoms with van der Waals surface area (Å²) in [6.45, 7) is 4.36. The fourth-order valence-electron chi connectivity index (χ4n) is 2.01. The van der Waals surface area contributed by atoms with E-state index in [-0.39, 0.29) is 6.04 Å². The normalized spacial score (nSPS) is 12.6. The standard InChI is InChI=1S/C13H20BrNO2/c1-8(2)12(15-3)9-6-7-10(16-4)11(14)13(9)17-5/h6-8,12,15H,1-5H3. The molecule has 17 heavy (non-hydrogen) atoms. The molecular formula is C13H20BrNO2. The Morgan fingerprint density at radius 1 is 1.18 bits per heavy atom. The van der Waals surface area contributed by atoms with E-state index in [1.54, 1.807) is 14.2 Å². The fourth-order valence-corrected chi connectivity index (χ4v) is 2.70. The minimum absolute atomic E-state index is 0.257. The molecule has 1 N–H and O–H groups in total. The highest BCUT2D eigenvalue weighted by molar-refractivity contribution is 9.10. The average Bonchev–Trinajstić information content (AvgIpc) is 2.30. The highest BCUT2D eigenvalue weighted by atomic mass is 79.9. The molecule has 1 atom stereocenters. The van der Waals surface area contributed by atoms with Crippen LogP contribution in [-0.2, 0) is 0 Å². The van der Waals surface area contributed by atoms with E-state index >= 15 is 0 Å². The van der Waals surface area contributed by atoms with E-state index in [1.807, 2.05) is 19.2 Å². The van der Waals surface area contributed by atoms with Crippen molar-refractivity contribution in [1.82, 2.24) is 5.32 Å². The van der Waals surface area contributed by atoms with Crippen LogP contribution in [-0.4, -0.2) is 21.3 Å². The number of nitrogens with one attached hydrogen (secondary N) is 1. The van der Waals surface area contributed by atoms with Gasteiger partial charge in [-0.2, -0.15) is 0 Å². The third-order valence-electron chi connectivity index (χ3n) is 2.83. The van der Waals surface area contributed by atoms with Gasteiger partial charge in [0.1, 0.15) is 16.0 Å². The molecule has 0 aromatic heterocycles. The largest absolute Gasteiger partial charge is 0.495 e.